The molecule has 1 N–H and O–H groups in total. The summed E-state index contributed by atoms with van der Waals surface area (Å²) in [6.45, 7) is 0.510. The molecule has 0 bridgehead atoms. The summed E-state index contributed by atoms with van der Waals surface area (Å²) in [6, 6.07) is -0.315. The van der Waals surface area contributed by atoms with Gasteiger partial charge in [0.15, 0.2) is 0 Å². The van der Waals surface area contributed by atoms with Crippen LogP contribution < -0.4 is 0 Å². The summed E-state index contributed by atoms with van der Waals surface area (Å²) in [4.78, 5) is 32.4. The molecule has 0 radical (unpaired) electrons. The number of hydrogen-bond donors (Lipinski definition) is 1. The second-order valence-corrected chi connectivity index (χ2v) is 5.59. The predicted molar refractivity (Wildman–Crippen MR) is 71.4 cm³/mol. The van der Waals surface area contributed by atoms with E-state index >= 15 is 0 Å². The number of aliphatic carboxylic acids is 1. The van der Waals surface area contributed by atoms with Crippen molar-refractivity contribution in [1.82, 2.24) is 14.9 Å². The van der Waals surface area contributed by atoms with E-state index in [-0.39, 0.29) is 29.2 Å². The van der Waals surface area contributed by atoms with Gasteiger partial charge in [-0.25, -0.2) is 4.98 Å². The molecular formula is C11H12ClN3O3S. The van der Waals surface area contributed by atoms with Gasteiger partial charge in [0.25, 0.3) is 5.91 Å². The molecule has 0 aliphatic carbocycles. The first kappa shape index (κ1) is 14.1. The largest absolute Gasteiger partial charge is 0.481 e. The molecule has 0 aromatic carbocycles. The van der Waals surface area contributed by atoms with E-state index in [4.69, 9.17) is 16.7 Å². The first-order valence-electron chi connectivity index (χ1n) is 5.66. The minimum atomic E-state index is -0.914. The Labute approximate surface area is 119 Å². The van der Waals surface area contributed by atoms with Crippen LogP contribution in [0.15, 0.2) is 12.4 Å². The second-order valence-electron chi connectivity index (χ2n) is 4.05. The zero-order chi connectivity index (χ0) is 13.8. The van der Waals surface area contributed by atoms with E-state index in [1.165, 1.54) is 12.4 Å². The number of carbonyl (C=O) groups excluding carboxylic acids is 1. The number of carboxylic acid groups (broad SMARTS) is 1. The number of carboxylic acids is 1. The van der Waals surface area contributed by atoms with Crippen molar-refractivity contribution in [2.24, 2.45) is 0 Å². The van der Waals surface area contributed by atoms with Gasteiger partial charge in [0.05, 0.1) is 24.9 Å². The molecule has 1 aliphatic heterocycles. The lowest BCUT2D eigenvalue weighted by Gasteiger charge is -2.34. The molecule has 8 heteroatoms. The molecule has 1 saturated heterocycles. The number of carbonyl (C=O) groups is 2. The predicted octanol–water partition coefficient (Wildman–Crippen LogP) is 1.16. The summed E-state index contributed by atoms with van der Waals surface area (Å²) in [6.07, 6.45) is 2.62. The van der Waals surface area contributed by atoms with Crippen LogP contribution in [0, 0.1) is 0 Å². The Kier molecular flexibility index (Phi) is 4.60. The molecule has 6 nitrogen and oxygen atoms in total. The Morgan fingerprint density at radius 3 is 3.00 bits per heavy atom. The summed E-state index contributed by atoms with van der Waals surface area (Å²) in [5.41, 5.74) is 0.148. The number of halogens is 1. The van der Waals surface area contributed by atoms with Crippen LogP contribution in [0.2, 0.25) is 5.15 Å². The second kappa shape index (κ2) is 6.21. The van der Waals surface area contributed by atoms with Crippen molar-refractivity contribution >= 4 is 35.2 Å². The standard InChI is InChI=1S/C11H12ClN3O3S/c12-9-5-13-4-8(14-9)11(18)15-1-2-19-6-7(15)3-10(16)17/h4-5,7H,1-3,6H2,(H,16,17). The Bertz CT molecular complexity index is 500. The summed E-state index contributed by atoms with van der Waals surface area (Å²) in [7, 11) is 0. The fourth-order valence-electron chi connectivity index (χ4n) is 1.89. The Balaban J connectivity index is 2.17. The number of rotatable bonds is 3. The van der Waals surface area contributed by atoms with Gasteiger partial charge in [0.1, 0.15) is 10.8 Å². The Hall–Kier alpha value is -1.34. The van der Waals surface area contributed by atoms with Gasteiger partial charge in [0, 0.05) is 18.1 Å². The highest BCUT2D eigenvalue weighted by atomic mass is 35.5. The molecule has 1 unspecified atom stereocenters. The molecule has 2 heterocycles. The van der Waals surface area contributed by atoms with E-state index in [9.17, 15) is 9.59 Å². The van der Waals surface area contributed by atoms with Gasteiger partial charge in [-0.05, 0) is 0 Å². The quantitative estimate of drug-likeness (QED) is 0.902. The molecular weight excluding hydrogens is 290 g/mol. The normalized spacial score (nSPS) is 19.2. The lowest BCUT2D eigenvalue weighted by atomic mass is 10.2. The average molecular weight is 302 g/mol. The molecule has 102 valence electrons. The zero-order valence-corrected chi connectivity index (χ0v) is 11.5. The first-order chi connectivity index (χ1) is 9.08. The van der Waals surface area contributed by atoms with Crippen molar-refractivity contribution in [3.8, 4) is 0 Å². The zero-order valence-electron chi connectivity index (χ0n) is 9.95. The third-order valence-corrected chi connectivity index (χ3v) is 4.00. The van der Waals surface area contributed by atoms with E-state index in [0.717, 1.165) is 5.75 Å². The van der Waals surface area contributed by atoms with Crippen LogP contribution in [0.4, 0.5) is 0 Å². The summed E-state index contributed by atoms with van der Waals surface area (Å²) in [5, 5.41) is 9.03. The summed E-state index contributed by atoms with van der Waals surface area (Å²) >= 11 is 7.35. The van der Waals surface area contributed by atoms with Crippen molar-refractivity contribution in [2.45, 2.75) is 12.5 Å². The van der Waals surface area contributed by atoms with Gasteiger partial charge in [-0.1, -0.05) is 11.6 Å². The molecule has 19 heavy (non-hydrogen) atoms. The van der Waals surface area contributed by atoms with Gasteiger partial charge < -0.3 is 10.0 Å². The monoisotopic (exact) mass is 301 g/mol. The maximum atomic E-state index is 12.3. The summed E-state index contributed by atoms with van der Waals surface area (Å²) < 4.78 is 0. The van der Waals surface area contributed by atoms with Gasteiger partial charge in [-0.15, -0.1) is 0 Å². The van der Waals surface area contributed by atoms with Crippen molar-refractivity contribution < 1.29 is 14.7 Å². The van der Waals surface area contributed by atoms with Crippen LogP contribution >= 0.6 is 23.4 Å². The van der Waals surface area contributed by atoms with Gasteiger partial charge >= 0.3 is 5.97 Å². The molecule has 1 aliphatic rings. The van der Waals surface area contributed by atoms with Crippen molar-refractivity contribution in [2.75, 3.05) is 18.1 Å². The van der Waals surface area contributed by atoms with Crippen molar-refractivity contribution in [3.05, 3.63) is 23.2 Å². The topological polar surface area (TPSA) is 83.4 Å². The molecule has 1 atom stereocenters. The lowest BCUT2D eigenvalue weighted by molar-refractivity contribution is -0.138. The van der Waals surface area contributed by atoms with Crippen LogP contribution in [-0.4, -0.2) is 55.9 Å². The third kappa shape index (κ3) is 3.57. The van der Waals surface area contributed by atoms with E-state index in [0.29, 0.717) is 12.3 Å². The number of thioether (sulfide) groups is 1. The molecule has 2 rings (SSSR count). The maximum absolute atomic E-state index is 12.3. The molecule has 0 spiro atoms. The number of hydrogen-bond acceptors (Lipinski definition) is 5. The highest BCUT2D eigenvalue weighted by molar-refractivity contribution is 7.99. The smallest absolute Gasteiger partial charge is 0.305 e. The Morgan fingerprint density at radius 2 is 2.32 bits per heavy atom. The van der Waals surface area contributed by atoms with E-state index in [1.54, 1.807) is 16.7 Å². The lowest BCUT2D eigenvalue weighted by Crippen LogP contribution is -2.47. The van der Waals surface area contributed by atoms with Crippen LogP contribution in [0.1, 0.15) is 16.9 Å². The van der Waals surface area contributed by atoms with Crippen LogP contribution in [-0.2, 0) is 4.79 Å². The maximum Gasteiger partial charge on any atom is 0.305 e. The first-order valence-corrected chi connectivity index (χ1v) is 7.19. The van der Waals surface area contributed by atoms with E-state index < -0.39 is 5.97 Å². The van der Waals surface area contributed by atoms with Crippen molar-refractivity contribution in [1.29, 1.82) is 0 Å². The number of aromatic nitrogens is 2. The minimum Gasteiger partial charge on any atom is -0.481 e. The van der Waals surface area contributed by atoms with E-state index in [1.807, 2.05) is 0 Å². The summed E-state index contributed by atoms with van der Waals surface area (Å²) in [5.74, 6) is 0.172. The fourth-order valence-corrected chi connectivity index (χ4v) is 3.09. The molecule has 1 fully saturated rings. The molecule has 0 saturated carbocycles. The van der Waals surface area contributed by atoms with Crippen LogP contribution in [0.5, 0.6) is 0 Å². The van der Waals surface area contributed by atoms with Crippen LogP contribution in [0.25, 0.3) is 0 Å². The molecule has 1 aromatic rings. The SMILES string of the molecule is O=C(O)CC1CSCCN1C(=O)c1cncc(Cl)n1. The van der Waals surface area contributed by atoms with Gasteiger partial charge in [-0.2, -0.15) is 11.8 Å². The Morgan fingerprint density at radius 1 is 1.53 bits per heavy atom. The van der Waals surface area contributed by atoms with Crippen LogP contribution in [0.3, 0.4) is 0 Å². The van der Waals surface area contributed by atoms with E-state index in [2.05, 4.69) is 9.97 Å². The molecule has 1 aromatic heterocycles. The van der Waals surface area contributed by atoms with Gasteiger partial charge in [0.2, 0.25) is 0 Å². The third-order valence-electron chi connectivity index (χ3n) is 2.72. The fraction of sp³-hybridized carbons (Fsp3) is 0.455. The highest BCUT2D eigenvalue weighted by Gasteiger charge is 2.30. The minimum absolute atomic E-state index is 0.0628. The number of nitrogens with zero attached hydrogens (tertiary/aromatic N) is 3. The van der Waals surface area contributed by atoms with Crippen molar-refractivity contribution in [3.63, 3.8) is 0 Å². The highest BCUT2D eigenvalue weighted by Crippen LogP contribution is 2.21. The average Bonchev–Trinajstić information content (AvgIpc) is 2.38. The van der Waals surface area contributed by atoms with Gasteiger partial charge in [-0.3, -0.25) is 14.6 Å². The molecule has 1 amide bonds. The number of amides is 1.